The molecule has 0 radical (unpaired) electrons. The number of nitrogens with zero attached hydrogens (tertiary/aromatic N) is 1. The van der Waals surface area contributed by atoms with Crippen molar-refractivity contribution >= 4 is 28.1 Å². The molecule has 1 N–H and O–H groups in total. The topological polar surface area (TPSA) is 55.0 Å². The lowest BCUT2D eigenvalue weighted by molar-refractivity contribution is 0.168. The number of aryl methyl sites for hydroxylation is 1. The number of hydrogen-bond acceptors (Lipinski definition) is 4. The average molecular weight is 383 g/mol. The summed E-state index contributed by atoms with van der Waals surface area (Å²) < 4.78 is 5.31. The first-order valence-corrected chi connectivity index (χ1v) is 10.3. The van der Waals surface area contributed by atoms with Crippen LogP contribution in [0.3, 0.4) is 0 Å². The lowest BCUT2D eigenvalue weighted by Gasteiger charge is -2.18. The van der Waals surface area contributed by atoms with E-state index in [0.29, 0.717) is 24.2 Å². The highest BCUT2D eigenvalue weighted by Crippen LogP contribution is 2.30. The van der Waals surface area contributed by atoms with Crippen molar-refractivity contribution in [1.29, 1.82) is 0 Å². The van der Waals surface area contributed by atoms with Crippen LogP contribution in [0, 0.1) is 12.8 Å². The van der Waals surface area contributed by atoms with Gasteiger partial charge in [-0.2, -0.15) is 0 Å². The number of aromatic nitrogens is 2. The molecule has 142 valence electrons. The predicted molar refractivity (Wildman–Crippen MR) is 112 cm³/mol. The summed E-state index contributed by atoms with van der Waals surface area (Å²) in [5.41, 5.74) is 5.55. The van der Waals surface area contributed by atoms with Crippen molar-refractivity contribution in [2.45, 2.75) is 46.0 Å². The number of imidazole rings is 1. The molecule has 0 aliphatic heterocycles. The van der Waals surface area contributed by atoms with E-state index in [-0.39, 0.29) is 5.30 Å². The molecule has 0 fully saturated rings. The summed E-state index contributed by atoms with van der Waals surface area (Å²) in [6.45, 7) is 9.15. The van der Waals surface area contributed by atoms with Crippen LogP contribution >= 0.6 is 11.8 Å². The van der Waals surface area contributed by atoms with Crippen molar-refractivity contribution in [1.82, 2.24) is 9.97 Å². The smallest absolute Gasteiger partial charge is 0.368 e. The predicted octanol–water partition coefficient (Wildman–Crippen LogP) is 6.20. The maximum Gasteiger partial charge on any atom is 0.368 e. The van der Waals surface area contributed by atoms with Crippen LogP contribution < -0.4 is 0 Å². The average Bonchev–Trinajstić information content (AvgIpc) is 3.09. The number of rotatable bonds is 6. The molecule has 2 aromatic carbocycles. The Bertz CT molecular complexity index is 919. The summed E-state index contributed by atoms with van der Waals surface area (Å²) in [6, 6.07) is 14.0. The zero-order chi connectivity index (χ0) is 19.4. The highest BCUT2D eigenvalue weighted by Gasteiger charge is 2.16. The molecule has 3 rings (SSSR count). The molecule has 0 saturated heterocycles. The largest absolute Gasteiger partial charge is 0.453 e. The van der Waals surface area contributed by atoms with Crippen LogP contribution in [0.5, 0.6) is 0 Å². The minimum atomic E-state index is -0.287. The normalized spacial score (nSPS) is 12.5. The molecule has 27 heavy (non-hydrogen) atoms. The molecule has 0 amide bonds. The lowest BCUT2D eigenvalue weighted by Crippen LogP contribution is -2.04. The van der Waals surface area contributed by atoms with Gasteiger partial charge in [-0.05, 0) is 53.3 Å². The standard InChI is InChI=1S/C22H26N2O2S/c1-14(2)15(3)18-10-11-19-21(16(18)4)24-20(23-19)13-27-22(25)26-12-17-8-6-5-7-9-17/h5-11,14-15H,12-13H2,1-4H3,(H,23,24)/t15-/m0/s1. The Labute approximate surface area is 164 Å². The fourth-order valence-electron chi connectivity index (χ4n) is 3.09. The third-order valence-electron chi connectivity index (χ3n) is 5.02. The van der Waals surface area contributed by atoms with Crippen LogP contribution in [-0.4, -0.2) is 15.3 Å². The fraction of sp³-hybridized carbons (Fsp3) is 0.364. The first kappa shape index (κ1) is 19.5. The highest BCUT2D eigenvalue weighted by atomic mass is 32.2. The zero-order valence-electron chi connectivity index (χ0n) is 16.3. The summed E-state index contributed by atoms with van der Waals surface area (Å²) in [7, 11) is 0. The van der Waals surface area contributed by atoms with Crippen molar-refractivity contribution in [3.8, 4) is 0 Å². The summed E-state index contributed by atoms with van der Waals surface area (Å²) in [6.07, 6.45) is 0. The molecule has 1 atom stereocenters. The van der Waals surface area contributed by atoms with Crippen molar-refractivity contribution in [2.24, 2.45) is 5.92 Å². The fourth-order valence-corrected chi connectivity index (χ4v) is 3.62. The van der Waals surface area contributed by atoms with Crippen LogP contribution in [0.4, 0.5) is 4.79 Å². The number of thioether (sulfide) groups is 1. The number of benzene rings is 2. The van der Waals surface area contributed by atoms with E-state index >= 15 is 0 Å². The number of carbonyl (C=O) groups excluding carboxylic acids is 1. The summed E-state index contributed by atoms with van der Waals surface area (Å²) in [5.74, 6) is 2.33. The van der Waals surface area contributed by atoms with Gasteiger partial charge >= 0.3 is 5.30 Å². The van der Waals surface area contributed by atoms with Gasteiger partial charge in [0, 0.05) is 0 Å². The van der Waals surface area contributed by atoms with E-state index < -0.39 is 0 Å². The lowest BCUT2D eigenvalue weighted by atomic mass is 9.87. The van der Waals surface area contributed by atoms with E-state index in [0.717, 1.165) is 34.2 Å². The van der Waals surface area contributed by atoms with E-state index in [1.54, 1.807) is 0 Å². The van der Waals surface area contributed by atoms with Gasteiger partial charge in [0.1, 0.15) is 12.4 Å². The number of carbonyl (C=O) groups is 1. The second-order valence-electron chi connectivity index (χ2n) is 7.21. The molecular weight excluding hydrogens is 356 g/mol. The molecule has 3 aromatic rings. The maximum absolute atomic E-state index is 12.0. The summed E-state index contributed by atoms with van der Waals surface area (Å²) in [4.78, 5) is 20.0. The Balaban J connectivity index is 1.63. The molecule has 1 aromatic heterocycles. The van der Waals surface area contributed by atoms with E-state index in [1.165, 1.54) is 11.1 Å². The number of ether oxygens (including phenoxy) is 1. The Kier molecular flexibility index (Phi) is 6.22. The van der Waals surface area contributed by atoms with E-state index in [9.17, 15) is 4.79 Å². The van der Waals surface area contributed by atoms with Gasteiger partial charge in [0.05, 0.1) is 16.8 Å². The highest BCUT2D eigenvalue weighted by molar-refractivity contribution is 8.12. The van der Waals surface area contributed by atoms with Crippen molar-refractivity contribution < 1.29 is 9.53 Å². The van der Waals surface area contributed by atoms with Crippen molar-refractivity contribution in [2.75, 3.05) is 0 Å². The maximum atomic E-state index is 12.0. The monoisotopic (exact) mass is 382 g/mol. The van der Waals surface area contributed by atoms with Gasteiger partial charge < -0.3 is 9.72 Å². The molecule has 0 spiro atoms. The van der Waals surface area contributed by atoms with Crippen molar-refractivity contribution in [3.05, 3.63) is 65.0 Å². The number of nitrogens with one attached hydrogen (secondary N) is 1. The van der Waals surface area contributed by atoms with Gasteiger partial charge in [0.2, 0.25) is 0 Å². The first-order valence-electron chi connectivity index (χ1n) is 9.27. The molecule has 0 aliphatic rings. The number of aromatic amines is 1. The van der Waals surface area contributed by atoms with Gasteiger partial charge in [0.15, 0.2) is 0 Å². The molecule has 0 unspecified atom stereocenters. The van der Waals surface area contributed by atoms with Crippen molar-refractivity contribution in [3.63, 3.8) is 0 Å². The number of H-pyrrole nitrogens is 1. The molecule has 5 heteroatoms. The molecule has 0 bridgehead atoms. The quantitative estimate of drug-likeness (QED) is 0.516. The third-order valence-corrected chi connectivity index (χ3v) is 5.79. The molecule has 4 nitrogen and oxygen atoms in total. The van der Waals surface area contributed by atoms with Gasteiger partial charge in [-0.25, -0.2) is 9.78 Å². The van der Waals surface area contributed by atoms with Crippen LogP contribution in [0.2, 0.25) is 0 Å². The number of fused-ring (bicyclic) bond motifs is 1. The molecular formula is C22H26N2O2S. The third kappa shape index (κ3) is 4.72. The van der Waals surface area contributed by atoms with Gasteiger partial charge in [-0.3, -0.25) is 0 Å². The Morgan fingerprint density at radius 3 is 2.59 bits per heavy atom. The van der Waals surface area contributed by atoms with E-state index in [4.69, 9.17) is 9.72 Å². The summed E-state index contributed by atoms with van der Waals surface area (Å²) in [5, 5.41) is -0.287. The summed E-state index contributed by atoms with van der Waals surface area (Å²) >= 11 is 1.13. The molecule has 0 aliphatic carbocycles. The molecule has 1 heterocycles. The Morgan fingerprint density at radius 2 is 1.89 bits per heavy atom. The Morgan fingerprint density at radius 1 is 1.15 bits per heavy atom. The first-order chi connectivity index (χ1) is 13.0. The van der Waals surface area contributed by atoms with Crippen LogP contribution in [-0.2, 0) is 17.1 Å². The van der Waals surface area contributed by atoms with Crippen LogP contribution in [0.25, 0.3) is 11.0 Å². The minimum Gasteiger partial charge on any atom is -0.453 e. The SMILES string of the molecule is Cc1c([C@@H](C)C(C)C)ccc2[nH]c(CSC(=O)OCc3ccccc3)nc12. The van der Waals surface area contributed by atoms with Gasteiger partial charge in [0.25, 0.3) is 0 Å². The van der Waals surface area contributed by atoms with Crippen LogP contribution in [0.15, 0.2) is 42.5 Å². The minimum absolute atomic E-state index is 0.287. The molecule has 0 saturated carbocycles. The Hall–Kier alpha value is -2.27. The second-order valence-corrected chi connectivity index (χ2v) is 8.12. The van der Waals surface area contributed by atoms with Gasteiger partial charge in [-0.15, -0.1) is 0 Å². The van der Waals surface area contributed by atoms with Gasteiger partial charge in [-0.1, -0.05) is 57.2 Å². The zero-order valence-corrected chi connectivity index (χ0v) is 17.1. The number of hydrogen-bond donors (Lipinski definition) is 1. The van der Waals surface area contributed by atoms with E-state index in [2.05, 4.69) is 44.8 Å². The second kappa shape index (κ2) is 8.61. The van der Waals surface area contributed by atoms with E-state index in [1.807, 2.05) is 30.3 Å². The van der Waals surface area contributed by atoms with Crippen LogP contribution in [0.1, 0.15) is 49.2 Å².